The largest absolute Gasteiger partial charge is 0.344 e. The van der Waals surface area contributed by atoms with E-state index in [-0.39, 0.29) is 17.2 Å². The molecule has 2 heterocycles. The van der Waals surface area contributed by atoms with Crippen molar-refractivity contribution in [2.45, 2.75) is 55.6 Å². The summed E-state index contributed by atoms with van der Waals surface area (Å²) in [5, 5.41) is 4.74. The van der Waals surface area contributed by atoms with Crippen LogP contribution in [0.5, 0.6) is 0 Å². The third kappa shape index (κ3) is 7.79. The van der Waals surface area contributed by atoms with Gasteiger partial charge in [-0.2, -0.15) is 0 Å². The fourth-order valence-electron chi connectivity index (χ4n) is 6.11. The van der Waals surface area contributed by atoms with Gasteiger partial charge in [0.15, 0.2) is 0 Å². The van der Waals surface area contributed by atoms with Gasteiger partial charge in [0.25, 0.3) is 0 Å². The average molecular weight is 625 g/mol. The highest BCUT2D eigenvalue weighted by atomic mass is 32.2. The number of nitrogens with one attached hydrogen (secondary N) is 2. The number of sulfonamides is 1. The van der Waals surface area contributed by atoms with Crippen molar-refractivity contribution in [1.82, 2.24) is 19.8 Å². The molecule has 6 rings (SSSR count). The summed E-state index contributed by atoms with van der Waals surface area (Å²) in [4.78, 5) is 31.6. The van der Waals surface area contributed by atoms with Crippen molar-refractivity contribution in [3.8, 4) is 0 Å². The molecule has 2 fully saturated rings. The highest BCUT2D eigenvalue weighted by Crippen LogP contribution is 2.24. The first-order chi connectivity index (χ1) is 21.8. The molecule has 0 aromatic heterocycles. The van der Waals surface area contributed by atoms with Gasteiger partial charge in [0.05, 0.1) is 10.9 Å². The van der Waals surface area contributed by atoms with E-state index in [4.69, 9.17) is 0 Å². The molecule has 8 nitrogen and oxygen atoms in total. The molecular formula is C36H40N4O4S. The molecule has 4 aromatic rings. The van der Waals surface area contributed by atoms with Gasteiger partial charge in [-0.05, 0) is 71.9 Å². The smallest absolute Gasteiger partial charge is 0.245 e. The maximum Gasteiger partial charge on any atom is 0.245 e. The summed E-state index contributed by atoms with van der Waals surface area (Å²) in [7, 11) is -3.97. The summed E-state index contributed by atoms with van der Waals surface area (Å²) >= 11 is 0. The molecule has 2 aliphatic heterocycles. The molecule has 2 saturated heterocycles. The van der Waals surface area contributed by atoms with Gasteiger partial charge in [0.1, 0.15) is 6.04 Å². The lowest BCUT2D eigenvalue weighted by atomic mass is 10.0. The molecule has 2 atom stereocenters. The lowest BCUT2D eigenvalue weighted by Gasteiger charge is -2.30. The van der Waals surface area contributed by atoms with Crippen LogP contribution in [0.2, 0.25) is 0 Å². The predicted molar refractivity (Wildman–Crippen MR) is 176 cm³/mol. The predicted octanol–water partition coefficient (Wildman–Crippen LogP) is 4.81. The number of likely N-dealkylation sites (tertiary alicyclic amines) is 2. The Labute approximate surface area is 265 Å². The quantitative estimate of drug-likeness (QED) is 0.236. The summed E-state index contributed by atoms with van der Waals surface area (Å²) in [5.74, 6) is -0.490. The van der Waals surface area contributed by atoms with E-state index in [1.54, 1.807) is 30.3 Å². The molecule has 2 amide bonds. The zero-order chi connectivity index (χ0) is 31.2. The van der Waals surface area contributed by atoms with Crippen molar-refractivity contribution in [3.63, 3.8) is 0 Å². The van der Waals surface area contributed by atoms with Gasteiger partial charge in [0.2, 0.25) is 21.8 Å². The Hall–Kier alpha value is -4.05. The van der Waals surface area contributed by atoms with Crippen molar-refractivity contribution in [2.24, 2.45) is 0 Å². The second-order valence-corrected chi connectivity index (χ2v) is 13.8. The van der Waals surface area contributed by atoms with E-state index in [9.17, 15) is 18.0 Å². The maximum atomic E-state index is 13.6. The zero-order valence-corrected chi connectivity index (χ0v) is 26.2. The standard InChI is InChI=1S/C36H40N4O4S/c41-35(37-34(36(42)40-21-6-7-22-40)23-27-13-15-28(16-14-27)26-39-19-8-20-39)25-33(30-10-2-1-3-11-30)38-45(43,44)32-18-17-29-9-4-5-12-31(29)24-32/h1-5,9-18,24,33-34,38H,6-8,19-23,25-26H2,(H,37,41). The Morgan fingerprint density at radius 2 is 1.40 bits per heavy atom. The molecule has 0 saturated carbocycles. The first-order valence-corrected chi connectivity index (χ1v) is 17.3. The van der Waals surface area contributed by atoms with E-state index in [0.717, 1.165) is 48.8 Å². The lowest BCUT2D eigenvalue weighted by Crippen LogP contribution is -2.49. The Kier molecular flexibility index (Phi) is 9.59. The number of amides is 2. The van der Waals surface area contributed by atoms with Crippen molar-refractivity contribution < 1.29 is 18.0 Å². The fraction of sp³-hybridized carbons (Fsp3) is 0.333. The van der Waals surface area contributed by atoms with Crippen LogP contribution in [-0.4, -0.2) is 62.3 Å². The number of carbonyl (C=O) groups excluding carboxylic acids is 2. The van der Waals surface area contributed by atoms with Crippen LogP contribution in [0.3, 0.4) is 0 Å². The molecule has 2 unspecified atom stereocenters. The van der Waals surface area contributed by atoms with Crippen molar-refractivity contribution in [3.05, 3.63) is 114 Å². The number of fused-ring (bicyclic) bond motifs is 1. The van der Waals surface area contributed by atoms with Gasteiger partial charge in [-0.3, -0.25) is 14.5 Å². The molecule has 0 spiro atoms. The van der Waals surface area contributed by atoms with Crippen LogP contribution < -0.4 is 10.0 Å². The fourth-order valence-corrected chi connectivity index (χ4v) is 7.37. The number of benzene rings is 4. The first kappa shape index (κ1) is 31.0. The molecule has 234 valence electrons. The first-order valence-electron chi connectivity index (χ1n) is 15.8. The minimum atomic E-state index is -3.97. The second kappa shape index (κ2) is 13.9. The summed E-state index contributed by atoms with van der Waals surface area (Å²) < 4.78 is 30.0. The normalized spacial score (nSPS) is 16.7. The molecular weight excluding hydrogens is 584 g/mol. The lowest BCUT2D eigenvalue weighted by molar-refractivity contribution is -0.135. The molecule has 2 N–H and O–H groups in total. The average Bonchev–Trinajstić information content (AvgIpc) is 3.58. The minimum absolute atomic E-state index is 0.0986. The molecule has 0 bridgehead atoms. The molecule has 0 aliphatic carbocycles. The summed E-state index contributed by atoms with van der Waals surface area (Å²) in [5.41, 5.74) is 2.86. The number of hydrogen-bond donors (Lipinski definition) is 2. The van der Waals surface area contributed by atoms with Gasteiger partial charge in [-0.1, -0.05) is 84.9 Å². The van der Waals surface area contributed by atoms with Crippen LogP contribution in [0.25, 0.3) is 10.8 Å². The molecule has 45 heavy (non-hydrogen) atoms. The SMILES string of the molecule is O=C(CC(NS(=O)(=O)c1ccc2ccccc2c1)c1ccccc1)NC(Cc1ccc(CN2CCC2)cc1)C(=O)N1CCCC1. The third-order valence-corrected chi connectivity index (χ3v) is 10.3. The molecule has 4 aromatic carbocycles. The topological polar surface area (TPSA) is 98.8 Å². The van der Waals surface area contributed by atoms with E-state index in [1.165, 1.54) is 12.0 Å². The van der Waals surface area contributed by atoms with Crippen LogP contribution in [0.1, 0.15) is 48.4 Å². The Morgan fingerprint density at radius 3 is 2.09 bits per heavy atom. The number of nitrogens with zero attached hydrogens (tertiary/aromatic N) is 2. The number of carbonyl (C=O) groups is 2. The molecule has 2 aliphatic rings. The van der Waals surface area contributed by atoms with Gasteiger partial charge >= 0.3 is 0 Å². The van der Waals surface area contributed by atoms with E-state index in [2.05, 4.69) is 27.1 Å². The number of hydrogen-bond acceptors (Lipinski definition) is 5. The van der Waals surface area contributed by atoms with Gasteiger partial charge in [-0.25, -0.2) is 13.1 Å². The Balaban J connectivity index is 1.19. The van der Waals surface area contributed by atoms with E-state index in [1.807, 2.05) is 59.5 Å². The van der Waals surface area contributed by atoms with Crippen LogP contribution >= 0.6 is 0 Å². The van der Waals surface area contributed by atoms with Crippen LogP contribution in [0.4, 0.5) is 0 Å². The summed E-state index contributed by atoms with van der Waals surface area (Å²) in [6, 6.07) is 28.3. The van der Waals surface area contributed by atoms with Gasteiger partial charge in [0, 0.05) is 32.5 Å². The van der Waals surface area contributed by atoms with Gasteiger partial charge in [-0.15, -0.1) is 0 Å². The second-order valence-electron chi connectivity index (χ2n) is 12.1. The summed E-state index contributed by atoms with van der Waals surface area (Å²) in [6.45, 7) is 4.53. The highest BCUT2D eigenvalue weighted by Gasteiger charge is 2.30. The summed E-state index contributed by atoms with van der Waals surface area (Å²) in [6.07, 6.45) is 3.35. The minimum Gasteiger partial charge on any atom is -0.344 e. The van der Waals surface area contributed by atoms with Crippen molar-refractivity contribution in [1.29, 1.82) is 0 Å². The third-order valence-electron chi connectivity index (χ3n) is 8.79. The van der Waals surface area contributed by atoms with E-state index in [0.29, 0.717) is 25.1 Å². The van der Waals surface area contributed by atoms with Crippen LogP contribution in [-0.2, 0) is 32.6 Å². The Bertz CT molecular complexity index is 1730. The van der Waals surface area contributed by atoms with Crippen LogP contribution in [0, 0.1) is 0 Å². The van der Waals surface area contributed by atoms with Crippen molar-refractivity contribution in [2.75, 3.05) is 26.2 Å². The van der Waals surface area contributed by atoms with Crippen molar-refractivity contribution >= 4 is 32.6 Å². The number of rotatable bonds is 12. The molecule has 9 heteroatoms. The zero-order valence-electron chi connectivity index (χ0n) is 25.4. The Morgan fingerprint density at radius 1 is 0.733 bits per heavy atom. The van der Waals surface area contributed by atoms with E-state index >= 15 is 0 Å². The highest BCUT2D eigenvalue weighted by molar-refractivity contribution is 7.89. The van der Waals surface area contributed by atoms with Crippen LogP contribution in [0.15, 0.2) is 102 Å². The van der Waals surface area contributed by atoms with E-state index < -0.39 is 28.0 Å². The monoisotopic (exact) mass is 624 g/mol. The maximum absolute atomic E-state index is 13.6. The molecule has 0 radical (unpaired) electrons. The van der Waals surface area contributed by atoms with Gasteiger partial charge < -0.3 is 10.2 Å².